The molecule has 1 fully saturated rings. The van der Waals surface area contributed by atoms with Gasteiger partial charge in [-0.15, -0.1) is 11.8 Å². The van der Waals surface area contributed by atoms with Gasteiger partial charge in [0, 0.05) is 9.92 Å². The van der Waals surface area contributed by atoms with Gasteiger partial charge in [-0.25, -0.2) is 0 Å². The molecule has 1 aromatic rings. The Balaban J connectivity index is 1.97. The summed E-state index contributed by atoms with van der Waals surface area (Å²) in [5.74, 6) is -0.100. The highest BCUT2D eigenvalue weighted by Gasteiger charge is 2.24. The number of benzene rings is 1. The van der Waals surface area contributed by atoms with Crippen LogP contribution in [0, 0.1) is 0 Å². The Morgan fingerprint density at radius 2 is 2.07 bits per heavy atom. The number of carbonyl (C=O) groups excluding carboxylic acids is 1. The molecule has 2 nitrogen and oxygen atoms in total. The lowest BCUT2D eigenvalue weighted by molar-refractivity contribution is -0.137. The van der Waals surface area contributed by atoms with E-state index in [2.05, 4.69) is 0 Å². The fourth-order valence-corrected chi connectivity index (χ4v) is 2.43. The second kappa shape index (κ2) is 4.24. The van der Waals surface area contributed by atoms with E-state index in [-0.39, 0.29) is 11.2 Å². The number of ether oxygens (including phenoxy) is 1. The minimum Gasteiger partial charge on any atom is -0.464 e. The zero-order valence-corrected chi connectivity index (χ0v) is 8.98. The van der Waals surface area contributed by atoms with Crippen LogP contribution >= 0.6 is 23.4 Å². The topological polar surface area (TPSA) is 26.3 Å². The van der Waals surface area contributed by atoms with Crippen molar-refractivity contribution in [3.8, 4) is 0 Å². The van der Waals surface area contributed by atoms with Crippen LogP contribution in [-0.2, 0) is 9.53 Å². The summed E-state index contributed by atoms with van der Waals surface area (Å²) in [4.78, 5) is 12.0. The number of hydrogen-bond acceptors (Lipinski definition) is 3. The molecule has 0 aromatic heterocycles. The van der Waals surface area contributed by atoms with Crippen LogP contribution in [0.3, 0.4) is 0 Å². The van der Waals surface area contributed by atoms with Crippen molar-refractivity contribution in [2.45, 2.75) is 16.6 Å². The average molecular weight is 229 g/mol. The molecule has 0 radical (unpaired) electrons. The molecule has 1 atom stereocenters. The van der Waals surface area contributed by atoms with Crippen LogP contribution in [0.5, 0.6) is 0 Å². The molecule has 0 N–H and O–H groups in total. The summed E-state index contributed by atoms with van der Waals surface area (Å²) >= 11 is 7.42. The third kappa shape index (κ3) is 2.42. The minimum atomic E-state index is -0.100. The quantitative estimate of drug-likeness (QED) is 0.729. The fourth-order valence-electron chi connectivity index (χ4n) is 1.27. The first-order chi connectivity index (χ1) is 6.74. The zero-order valence-electron chi connectivity index (χ0n) is 7.40. The lowest BCUT2D eigenvalue weighted by Crippen LogP contribution is -1.99. The van der Waals surface area contributed by atoms with E-state index in [9.17, 15) is 4.79 Å². The standard InChI is InChI=1S/C10H9ClO2S/c11-7-1-3-8(4-2-7)14-9-5-10(12)13-6-9/h1-4,9H,5-6H2/t9-/m0/s1. The van der Waals surface area contributed by atoms with Gasteiger partial charge in [0.1, 0.15) is 6.61 Å². The van der Waals surface area contributed by atoms with Crippen molar-refractivity contribution in [3.05, 3.63) is 29.3 Å². The number of cyclic esters (lactones) is 1. The molecule has 74 valence electrons. The molecular weight excluding hydrogens is 220 g/mol. The third-order valence-electron chi connectivity index (χ3n) is 1.94. The van der Waals surface area contributed by atoms with Gasteiger partial charge in [0.25, 0.3) is 0 Å². The van der Waals surface area contributed by atoms with Crippen molar-refractivity contribution in [1.82, 2.24) is 0 Å². The summed E-state index contributed by atoms with van der Waals surface area (Å²) in [6, 6.07) is 7.61. The van der Waals surface area contributed by atoms with E-state index in [0.29, 0.717) is 13.0 Å². The summed E-state index contributed by atoms with van der Waals surface area (Å²) < 4.78 is 4.88. The Morgan fingerprint density at radius 3 is 2.64 bits per heavy atom. The van der Waals surface area contributed by atoms with Crippen molar-refractivity contribution < 1.29 is 9.53 Å². The number of carbonyl (C=O) groups is 1. The van der Waals surface area contributed by atoms with Crippen LogP contribution in [0.4, 0.5) is 0 Å². The molecule has 1 aliphatic rings. The smallest absolute Gasteiger partial charge is 0.307 e. The Kier molecular flexibility index (Phi) is 2.99. The first-order valence-electron chi connectivity index (χ1n) is 4.32. The first-order valence-corrected chi connectivity index (χ1v) is 5.57. The molecular formula is C10H9ClO2S. The Morgan fingerprint density at radius 1 is 1.36 bits per heavy atom. The van der Waals surface area contributed by atoms with E-state index in [1.165, 1.54) is 0 Å². The monoisotopic (exact) mass is 228 g/mol. The SMILES string of the molecule is O=C1C[C@H](Sc2ccc(Cl)cc2)CO1. The summed E-state index contributed by atoms with van der Waals surface area (Å²) in [5, 5.41) is 0.983. The number of rotatable bonds is 2. The van der Waals surface area contributed by atoms with Crippen molar-refractivity contribution >= 4 is 29.3 Å². The third-order valence-corrected chi connectivity index (χ3v) is 3.37. The largest absolute Gasteiger partial charge is 0.464 e. The average Bonchev–Trinajstić information content (AvgIpc) is 2.56. The van der Waals surface area contributed by atoms with Gasteiger partial charge < -0.3 is 4.74 Å². The predicted octanol–water partition coefficient (Wildman–Crippen LogP) is 2.75. The van der Waals surface area contributed by atoms with Crippen LogP contribution in [0.1, 0.15) is 6.42 Å². The Bertz CT molecular complexity index is 336. The second-order valence-corrected chi connectivity index (χ2v) is 4.89. The molecule has 1 saturated heterocycles. The zero-order chi connectivity index (χ0) is 9.97. The van der Waals surface area contributed by atoms with Crippen molar-refractivity contribution in [1.29, 1.82) is 0 Å². The highest BCUT2D eigenvalue weighted by atomic mass is 35.5. The maximum absolute atomic E-state index is 10.8. The van der Waals surface area contributed by atoms with E-state index in [4.69, 9.17) is 16.3 Å². The number of hydrogen-bond donors (Lipinski definition) is 0. The van der Waals surface area contributed by atoms with Gasteiger partial charge >= 0.3 is 5.97 Å². The van der Waals surface area contributed by atoms with Crippen LogP contribution in [-0.4, -0.2) is 17.8 Å². The van der Waals surface area contributed by atoms with Crippen molar-refractivity contribution in [2.75, 3.05) is 6.61 Å². The Labute approximate surface area is 91.6 Å². The number of thioether (sulfide) groups is 1. The van der Waals surface area contributed by atoms with E-state index >= 15 is 0 Å². The van der Waals surface area contributed by atoms with E-state index < -0.39 is 0 Å². The van der Waals surface area contributed by atoms with Gasteiger partial charge in [-0.2, -0.15) is 0 Å². The van der Waals surface area contributed by atoms with Gasteiger partial charge in [-0.05, 0) is 24.3 Å². The lowest BCUT2D eigenvalue weighted by Gasteiger charge is -2.05. The lowest BCUT2D eigenvalue weighted by atomic mass is 10.4. The minimum absolute atomic E-state index is 0.100. The molecule has 2 rings (SSSR count). The molecule has 0 amide bonds. The van der Waals surface area contributed by atoms with Gasteiger partial charge in [0.2, 0.25) is 0 Å². The maximum Gasteiger partial charge on any atom is 0.307 e. The predicted molar refractivity (Wildman–Crippen MR) is 56.7 cm³/mol. The van der Waals surface area contributed by atoms with Gasteiger partial charge in [0.15, 0.2) is 0 Å². The van der Waals surface area contributed by atoms with Gasteiger partial charge in [-0.1, -0.05) is 11.6 Å². The normalized spacial score (nSPS) is 20.9. The van der Waals surface area contributed by atoms with Crippen LogP contribution in [0.2, 0.25) is 5.02 Å². The summed E-state index contributed by atoms with van der Waals surface area (Å²) in [6.45, 7) is 0.520. The molecule has 0 saturated carbocycles. The van der Waals surface area contributed by atoms with Crippen molar-refractivity contribution in [2.24, 2.45) is 0 Å². The van der Waals surface area contributed by atoms with Crippen LogP contribution in [0.15, 0.2) is 29.2 Å². The van der Waals surface area contributed by atoms with E-state index in [1.807, 2.05) is 24.3 Å². The summed E-state index contributed by atoms with van der Waals surface area (Å²) in [5.41, 5.74) is 0. The number of halogens is 1. The van der Waals surface area contributed by atoms with Crippen LogP contribution in [0.25, 0.3) is 0 Å². The number of esters is 1. The van der Waals surface area contributed by atoms with E-state index in [0.717, 1.165) is 9.92 Å². The molecule has 0 aliphatic carbocycles. The van der Waals surface area contributed by atoms with Gasteiger partial charge in [-0.3, -0.25) is 4.79 Å². The van der Waals surface area contributed by atoms with Gasteiger partial charge in [0.05, 0.1) is 11.7 Å². The molecule has 4 heteroatoms. The fraction of sp³-hybridized carbons (Fsp3) is 0.300. The molecule has 0 unspecified atom stereocenters. The summed E-state index contributed by atoms with van der Waals surface area (Å²) in [7, 11) is 0. The molecule has 1 aliphatic heterocycles. The molecule has 14 heavy (non-hydrogen) atoms. The molecule has 1 aromatic carbocycles. The molecule has 0 spiro atoms. The molecule has 1 heterocycles. The highest BCUT2D eigenvalue weighted by Crippen LogP contribution is 2.29. The first kappa shape index (κ1) is 9.87. The van der Waals surface area contributed by atoms with Crippen LogP contribution < -0.4 is 0 Å². The summed E-state index contributed by atoms with van der Waals surface area (Å²) in [6.07, 6.45) is 0.507. The maximum atomic E-state index is 10.8. The second-order valence-electron chi connectivity index (χ2n) is 3.08. The van der Waals surface area contributed by atoms with Crippen molar-refractivity contribution in [3.63, 3.8) is 0 Å². The van der Waals surface area contributed by atoms with E-state index in [1.54, 1.807) is 11.8 Å². The highest BCUT2D eigenvalue weighted by molar-refractivity contribution is 8.00. The Hall–Kier alpha value is -0.670. The molecule has 0 bridgehead atoms.